The van der Waals surface area contributed by atoms with Crippen molar-refractivity contribution in [2.75, 3.05) is 13.6 Å². The topological polar surface area (TPSA) is 3.24 Å². The molecule has 1 nitrogen and oxygen atoms in total. The van der Waals surface area contributed by atoms with Crippen molar-refractivity contribution in [2.24, 2.45) is 5.92 Å². The molecule has 0 spiro atoms. The van der Waals surface area contributed by atoms with Crippen LogP contribution < -0.4 is 29.6 Å². The Kier molecular flexibility index (Phi) is 4.64. The number of piperidine rings is 1. The molecule has 0 radical (unpaired) electrons. The van der Waals surface area contributed by atoms with Crippen LogP contribution in [0.1, 0.15) is 35.0 Å². The minimum atomic E-state index is 0. The second-order valence-electron chi connectivity index (χ2n) is 4.12. The van der Waals surface area contributed by atoms with Crippen molar-refractivity contribution < 1.29 is 31.0 Å². The molecule has 11 heavy (non-hydrogen) atoms. The number of rotatable bonds is 0. The summed E-state index contributed by atoms with van der Waals surface area (Å²) >= 11 is 0. The zero-order valence-corrected chi connectivity index (χ0v) is 10.6. The number of hydrogen-bond donors (Lipinski definition) is 0. The van der Waals surface area contributed by atoms with Gasteiger partial charge in [0.25, 0.3) is 0 Å². The van der Waals surface area contributed by atoms with Gasteiger partial charge in [0.05, 0.1) is 0 Å². The quantitative estimate of drug-likeness (QED) is 0.427. The largest absolute Gasteiger partial charge is 1.00 e. The third kappa shape index (κ3) is 2.45. The van der Waals surface area contributed by atoms with Crippen LogP contribution in [0.15, 0.2) is 0 Å². The van der Waals surface area contributed by atoms with E-state index in [1.54, 1.807) is 0 Å². The van der Waals surface area contributed by atoms with Crippen molar-refractivity contribution in [3.8, 4) is 0 Å². The van der Waals surface area contributed by atoms with E-state index in [-0.39, 0.29) is 31.0 Å². The van der Waals surface area contributed by atoms with E-state index in [0.29, 0.717) is 5.54 Å². The molecule has 0 aromatic rings. The summed E-state index contributed by atoms with van der Waals surface area (Å²) in [5.74, 6) is 0.853. The van der Waals surface area contributed by atoms with Crippen molar-refractivity contribution in [3.63, 3.8) is 0 Å². The van der Waals surface area contributed by atoms with E-state index in [1.807, 2.05) is 0 Å². The molecule has 1 aliphatic rings. The first-order chi connectivity index (χ1) is 4.55. The van der Waals surface area contributed by atoms with Gasteiger partial charge in [-0.1, -0.05) is 6.92 Å². The van der Waals surface area contributed by atoms with Crippen LogP contribution in [0.4, 0.5) is 0 Å². The third-order valence-corrected chi connectivity index (χ3v) is 3.32. The second-order valence-corrected chi connectivity index (χ2v) is 4.12. The van der Waals surface area contributed by atoms with E-state index < -0.39 is 0 Å². The maximum absolute atomic E-state index is 2.47. The fraction of sp³-hybridized carbons (Fsp3) is 1.00. The van der Waals surface area contributed by atoms with E-state index in [0.717, 1.165) is 5.92 Å². The summed E-state index contributed by atoms with van der Waals surface area (Å²) < 4.78 is 0. The molecule has 0 N–H and O–H groups in total. The van der Waals surface area contributed by atoms with Crippen LogP contribution in [-0.2, 0) is 0 Å². The molecule has 1 unspecified atom stereocenters. The Morgan fingerprint density at radius 2 is 2.00 bits per heavy atom. The first kappa shape index (κ1) is 12.0. The smallest absolute Gasteiger partial charge is 1.00 e. The van der Waals surface area contributed by atoms with Crippen LogP contribution in [0.5, 0.6) is 0 Å². The zero-order valence-electron chi connectivity index (χ0n) is 9.65. The molecule has 1 rings (SSSR count). The van der Waals surface area contributed by atoms with Gasteiger partial charge < -0.3 is 6.33 Å². The van der Waals surface area contributed by atoms with Gasteiger partial charge in [0, 0.05) is 5.54 Å². The van der Waals surface area contributed by atoms with Crippen LogP contribution in [0.2, 0.25) is 0 Å². The maximum Gasteiger partial charge on any atom is 1.00 e. The van der Waals surface area contributed by atoms with Gasteiger partial charge in [-0.05, 0) is 46.2 Å². The minimum Gasteiger partial charge on any atom is -1.00 e. The van der Waals surface area contributed by atoms with Crippen LogP contribution in [0.3, 0.4) is 0 Å². The van der Waals surface area contributed by atoms with Gasteiger partial charge in [-0.2, -0.15) is 0 Å². The molecule has 0 aromatic heterocycles. The van der Waals surface area contributed by atoms with Crippen molar-refractivity contribution in [1.29, 1.82) is 0 Å². The van der Waals surface area contributed by atoms with Gasteiger partial charge in [-0.3, -0.25) is 0 Å². The number of nitrogens with zero attached hydrogens (tertiary/aromatic N) is 1. The predicted octanol–water partition coefficient (Wildman–Crippen LogP) is -0.757. The first-order valence-electron chi connectivity index (χ1n) is 4.26. The summed E-state index contributed by atoms with van der Waals surface area (Å²) in [6, 6.07) is 0. The van der Waals surface area contributed by atoms with Gasteiger partial charge in [0.1, 0.15) is 0 Å². The average Bonchev–Trinajstić information content (AvgIpc) is 1.84. The molecule has 1 saturated heterocycles. The molecule has 0 amide bonds. The molecule has 0 aliphatic carbocycles. The van der Waals surface area contributed by atoms with Crippen molar-refractivity contribution >= 4 is 0 Å². The molecular weight excluding hydrogens is 145 g/mol. The van der Waals surface area contributed by atoms with Gasteiger partial charge in [0.2, 0.25) is 0 Å². The van der Waals surface area contributed by atoms with Crippen molar-refractivity contribution in [1.82, 2.24) is 4.90 Å². The van der Waals surface area contributed by atoms with Crippen molar-refractivity contribution in [3.05, 3.63) is 0 Å². The maximum atomic E-state index is 2.47. The Bertz CT molecular complexity index is 116. The normalized spacial score (nSPS) is 31.1. The predicted molar refractivity (Wildman–Crippen MR) is 46.2 cm³/mol. The molecule has 0 saturated carbocycles. The van der Waals surface area contributed by atoms with E-state index in [4.69, 9.17) is 0 Å². The van der Waals surface area contributed by atoms with Gasteiger partial charge in [0.15, 0.2) is 0 Å². The molecule has 1 aliphatic heterocycles. The van der Waals surface area contributed by atoms with Crippen LogP contribution in [0, 0.1) is 5.92 Å². The van der Waals surface area contributed by atoms with Crippen LogP contribution in [0.25, 0.3) is 0 Å². The Morgan fingerprint density at radius 1 is 1.45 bits per heavy atom. The summed E-state index contributed by atoms with van der Waals surface area (Å²) in [4.78, 5) is 2.47. The average molecular weight is 165 g/mol. The van der Waals surface area contributed by atoms with Gasteiger partial charge in [-0.15, -0.1) is 0 Å². The van der Waals surface area contributed by atoms with E-state index in [1.165, 1.54) is 19.4 Å². The number of likely N-dealkylation sites (tertiary alicyclic amines) is 1. The molecule has 62 valence electrons. The van der Waals surface area contributed by atoms with E-state index >= 15 is 0 Å². The Morgan fingerprint density at radius 3 is 2.36 bits per heavy atom. The molecule has 1 atom stereocenters. The Labute approximate surface area is 94.3 Å². The zero-order chi connectivity index (χ0) is 7.78. The summed E-state index contributed by atoms with van der Waals surface area (Å²) in [7, 11) is 2.23. The molecular formula is C9H20NNa. The number of hydrogen-bond acceptors (Lipinski definition) is 1. The van der Waals surface area contributed by atoms with Crippen LogP contribution in [-0.4, -0.2) is 24.0 Å². The van der Waals surface area contributed by atoms with E-state index in [2.05, 4.69) is 32.7 Å². The third-order valence-electron chi connectivity index (χ3n) is 3.32. The molecule has 0 bridgehead atoms. The van der Waals surface area contributed by atoms with Gasteiger partial charge >= 0.3 is 29.6 Å². The standard InChI is InChI=1S/C9H19N.Na.H/c1-8-6-5-7-10(4)9(8,2)3;;/h8H,5-7H2,1-4H3;;/q;+1;-1. The summed E-state index contributed by atoms with van der Waals surface area (Å²) in [6.45, 7) is 8.32. The fourth-order valence-electron chi connectivity index (χ4n) is 1.65. The minimum absolute atomic E-state index is 0. The van der Waals surface area contributed by atoms with E-state index in [9.17, 15) is 0 Å². The molecule has 0 aromatic carbocycles. The monoisotopic (exact) mass is 165 g/mol. The Balaban J connectivity index is 0. The first-order valence-corrected chi connectivity index (χ1v) is 4.26. The van der Waals surface area contributed by atoms with Crippen molar-refractivity contribution in [2.45, 2.75) is 39.2 Å². The summed E-state index contributed by atoms with van der Waals surface area (Å²) in [6.07, 6.45) is 2.78. The SMILES string of the molecule is CC1CCCN(C)C1(C)C.[H-].[Na+]. The van der Waals surface area contributed by atoms with Crippen LogP contribution >= 0.6 is 0 Å². The van der Waals surface area contributed by atoms with Gasteiger partial charge in [-0.25, -0.2) is 0 Å². The molecule has 1 fully saturated rings. The summed E-state index contributed by atoms with van der Waals surface area (Å²) in [5, 5.41) is 0. The molecule has 2 heteroatoms. The fourth-order valence-corrected chi connectivity index (χ4v) is 1.65. The second kappa shape index (κ2) is 4.27. The summed E-state index contributed by atoms with van der Waals surface area (Å²) in [5.41, 5.74) is 0.429. The Hall–Kier alpha value is 0.960. The molecule has 1 heterocycles.